The number of hydrogen-bond donors (Lipinski definition) is 0. The summed E-state index contributed by atoms with van der Waals surface area (Å²) < 4.78 is 2.72. The highest BCUT2D eigenvalue weighted by atomic mass is 32.1. The second-order valence-electron chi connectivity index (χ2n) is 12.8. The third kappa shape index (κ3) is 3.07. The zero-order valence-corrected chi connectivity index (χ0v) is 25.4. The van der Waals surface area contributed by atoms with Crippen molar-refractivity contribution in [2.45, 2.75) is 19.3 Å². The van der Waals surface area contributed by atoms with Gasteiger partial charge in [-0.05, 0) is 89.0 Å². The molecule has 0 N–H and O–H groups in total. The Bertz CT molecular complexity index is 2620. The SMILES string of the molecule is CC1(C)c2ccccc2-c2cc3sc4ccccc4c3c(-c3ccc4ccc5c(-c6ccccc6)ccc6ccc3c4c65)c21. The molecule has 0 radical (unpaired) electrons. The summed E-state index contributed by atoms with van der Waals surface area (Å²) in [7, 11) is 0. The lowest BCUT2D eigenvalue weighted by Gasteiger charge is -2.26. The first-order chi connectivity index (χ1) is 21.6. The number of rotatable bonds is 2. The van der Waals surface area contributed by atoms with E-state index in [-0.39, 0.29) is 5.41 Å². The molecule has 9 aromatic rings. The van der Waals surface area contributed by atoms with Crippen molar-refractivity contribution in [3.05, 3.63) is 145 Å². The molecule has 0 aliphatic heterocycles. The van der Waals surface area contributed by atoms with Gasteiger partial charge in [-0.2, -0.15) is 0 Å². The Hall–Kier alpha value is -4.98. The Morgan fingerprint density at radius 1 is 0.455 bits per heavy atom. The van der Waals surface area contributed by atoms with Gasteiger partial charge in [-0.1, -0.05) is 135 Å². The van der Waals surface area contributed by atoms with Crippen LogP contribution in [0, 0.1) is 0 Å². The van der Waals surface area contributed by atoms with E-state index in [0.29, 0.717) is 0 Å². The summed E-state index contributed by atoms with van der Waals surface area (Å²) in [5.41, 5.74) is 10.8. The summed E-state index contributed by atoms with van der Waals surface area (Å²) in [6.45, 7) is 4.84. The molecular weight excluding hydrogens is 549 g/mol. The molecule has 0 atom stereocenters. The van der Waals surface area contributed by atoms with Crippen LogP contribution in [0.2, 0.25) is 0 Å². The Morgan fingerprint density at radius 2 is 1.09 bits per heavy atom. The zero-order valence-electron chi connectivity index (χ0n) is 24.6. The van der Waals surface area contributed by atoms with Crippen molar-refractivity contribution in [3.8, 4) is 33.4 Å². The van der Waals surface area contributed by atoms with Gasteiger partial charge in [0.05, 0.1) is 0 Å². The Kier molecular flexibility index (Phi) is 4.76. The van der Waals surface area contributed by atoms with Crippen LogP contribution in [0.25, 0.3) is 85.9 Å². The fourth-order valence-electron chi connectivity index (χ4n) is 8.30. The minimum absolute atomic E-state index is 0.122. The van der Waals surface area contributed by atoms with E-state index in [4.69, 9.17) is 0 Å². The second kappa shape index (κ2) is 8.56. The molecule has 0 nitrogen and oxygen atoms in total. The van der Waals surface area contributed by atoms with Crippen LogP contribution in [0.4, 0.5) is 0 Å². The first-order valence-electron chi connectivity index (χ1n) is 15.4. The highest BCUT2D eigenvalue weighted by Gasteiger charge is 2.39. The molecule has 0 saturated heterocycles. The lowest BCUT2D eigenvalue weighted by atomic mass is 9.76. The van der Waals surface area contributed by atoms with E-state index in [1.807, 2.05) is 11.3 Å². The van der Waals surface area contributed by atoms with Crippen LogP contribution in [0.5, 0.6) is 0 Å². The average molecular weight is 577 g/mol. The van der Waals surface area contributed by atoms with Crippen molar-refractivity contribution in [3.63, 3.8) is 0 Å². The fourth-order valence-corrected chi connectivity index (χ4v) is 9.46. The molecule has 0 saturated carbocycles. The smallest absolute Gasteiger partial charge is 0.0368 e. The van der Waals surface area contributed by atoms with Crippen LogP contribution in [0.15, 0.2) is 133 Å². The molecule has 0 spiro atoms. The largest absolute Gasteiger partial charge is 0.135 e. The van der Waals surface area contributed by atoms with Crippen LogP contribution in [-0.4, -0.2) is 0 Å². The number of fused-ring (bicyclic) bond motifs is 6. The van der Waals surface area contributed by atoms with Crippen molar-refractivity contribution in [1.82, 2.24) is 0 Å². The van der Waals surface area contributed by atoms with E-state index < -0.39 is 0 Å². The predicted octanol–water partition coefficient (Wildman–Crippen LogP) is 12.6. The Labute approximate surface area is 260 Å². The molecule has 1 aliphatic carbocycles. The average Bonchev–Trinajstić information content (AvgIpc) is 3.55. The van der Waals surface area contributed by atoms with Gasteiger partial charge in [-0.3, -0.25) is 0 Å². The number of benzene rings is 8. The van der Waals surface area contributed by atoms with Crippen molar-refractivity contribution < 1.29 is 0 Å². The zero-order chi connectivity index (χ0) is 29.2. The maximum Gasteiger partial charge on any atom is 0.0368 e. The Morgan fingerprint density at radius 3 is 1.89 bits per heavy atom. The molecule has 10 rings (SSSR count). The molecule has 8 aromatic carbocycles. The van der Waals surface area contributed by atoms with Crippen molar-refractivity contribution in [2.75, 3.05) is 0 Å². The van der Waals surface area contributed by atoms with Crippen LogP contribution in [0.3, 0.4) is 0 Å². The number of hydrogen-bond acceptors (Lipinski definition) is 1. The predicted molar refractivity (Wildman–Crippen MR) is 191 cm³/mol. The topological polar surface area (TPSA) is 0 Å². The van der Waals surface area contributed by atoms with Crippen LogP contribution in [-0.2, 0) is 5.41 Å². The normalized spacial score (nSPS) is 13.9. The van der Waals surface area contributed by atoms with Crippen molar-refractivity contribution in [1.29, 1.82) is 0 Å². The molecule has 1 heterocycles. The van der Waals surface area contributed by atoms with Crippen LogP contribution >= 0.6 is 11.3 Å². The third-order valence-corrected chi connectivity index (χ3v) is 11.3. The van der Waals surface area contributed by atoms with Gasteiger partial charge in [-0.15, -0.1) is 11.3 Å². The Balaban J connectivity index is 1.39. The summed E-state index contributed by atoms with van der Waals surface area (Å²) in [5.74, 6) is 0. The maximum absolute atomic E-state index is 2.48. The summed E-state index contributed by atoms with van der Waals surface area (Å²) in [4.78, 5) is 0. The molecule has 1 heteroatoms. The summed E-state index contributed by atoms with van der Waals surface area (Å²) in [5, 5.41) is 10.7. The molecule has 1 aromatic heterocycles. The standard InChI is InChI=1S/C43H28S/c1-43(2)35-14-8-6-12-29(35)34-24-37-40(33-13-7-9-15-36(33)44-37)41(42(34)43)32-23-19-27-17-21-30-28(25-10-4-3-5-11-25)20-16-26-18-22-31(32)39(27)38(26)30/h3-24H,1-2H3. The minimum atomic E-state index is -0.122. The highest BCUT2D eigenvalue weighted by Crippen LogP contribution is 2.57. The van der Waals surface area contributed by atoms with Crippen LogP contribution in [0.1, 0.15) is 25.0 Å². The van der Waals surface area contributed by atoms with Crippen molar-refractivity contribution in [2.24, 2.45) is 0 Å². The van der Waals surface area contributed by atoms with E-state index >= 15 is 0 Å². The van der Waals surface area contributed by atoms with Gasteiger partial charge in [0.1, 0.15) is 0 Å². The molecule has 44 heavy (non-hydrogen) atoms. The summed E-state index contributed by atoms with van der Waals surface area (Å²) >= 11 is 1.92. The van der Waals surface area contributed by atoms with Gasteiger partial charge < -0.3 is 0 Å². The van der Waals surface area contributed by atoms with Crippen LogP contribution < -0.4 is 0 Å². The first kappa shape index (κ1) is 24.5. The quantitative estimate of drug-likeness (QED) is 0.180. The molecule has 206 valence electrons. The molecular formula is C43H28S. The van der Waals surface area contributed by atoms with E-state index in [0.717, 1.165) is 0 Å². The summed E-state index contributed by atoms with van der Waals surface area (Å²) in [6, 6.07) is 50.1. The monoisotopic (exact) mass is 576 g/mol. The fraction of sp³-hybridized carbons (Fsp3) is 0.0698. The number of thiophene rings is 1. The lowest BCUT2D eigenvalue weighted by molar-refractivity contribution is 0.663. The van der Waals surface area contributed by atoms with Gasteiger partial charge in [-0.25, -0.2) is 0 Å². The van der Waals surface area contributed by atoms with Gasteiger partial charge in [0.2, 0.25) is 0 Å². The maximum atomic E-state index is 2.48. The van der Waals surface area contributed by atoms with Gasteiger partial charge in [0.15, 0.2) is 0 Å². The van der Waals surface area contributed by atoms with Gasteiger partial charge in [0.25, 0.3) is 0 Å². The lowest BCUT2D eigenvalue weighted by Crippen LogP contribution is -2.16. The van der Waals surface area contributed by atoms with Gasteiger partial charge in [0, 0.05) is 25.6 Å². The molecule has 0 fully saturated rings. The van der Waals surface area contributed by atoms with E-state index in [2.05, 4.69) is 147 Å². The van der Waals surface area contributed by atoms with E-state index in [9.17, 15) is 0 Å². The van der Waals surface area contributed by atoms with Gasteiger partial charge >= 0.3 is 0 Å². The molecule has 0 bridgehead atoms. The molecule has 0 unspecified atom stereocenters. The molecule has 1 aliphatic rings. The minimum Gasteiger partial charge on any atom is -0.135 e. The molecule has 0 amide bonds. The van der Waals surface area contributed by atoms with E-state index in [1.165, 1.54) is 97.0 Å². The second-order valence-corrected chi connectivity index (χ2v) is 13.9. The van der Waals surface area contributed by atoms with Crippen molar-refractivity contribution >= 4 is 63.8 Å². The van der Waals surface area contributed by atoms with E-state index in [1.54, 1.807) is 0 Å². The third-order valence-electron chi connectivity index (χ3n) is 10.2. The first-order valence-corrected chi connectivity index (χ1v) is 16.3. The summed E-state index contributed by atoms with van der Waals surface area (Å²) in [6.07, 6.45) is 0. The highest BCUT2D eigenvalue weighted by molar-refractivity contribution is 7.26.